The maximum Gasteiger partial charge on any atom is 0.265 e. The van der Waals surface area contributed by atoms with Crippen LogP contribution in [0.1, 0.15) is 12.8 Å². The molecule has 0 saturated carbocycles. The quantitative estimate of drug-likeness (QED) is 0.294. The van der Waals surface area contributed by atoms with Gasteiger partial charge in [0.25, 0.3) is 6.43 Å². The number of nitrogens with zero attached hydrogens (tertiary/aromatic N) is 6. The molecule has 0 unspecified atom stereocenters. The number of alkyl halides is 2. The van der Waals surface area contributed by atoms with Gasteiger partial charge in [-0.3, -0.25) is 4.98 Å². The molecule has 15 heteroatoms. The lowest BCUT2D eigenvalue weighted by Crippen LogP contribution is -2.63. The van der Waals surface area contributed by atoms with Crippen molar-refractivity contribution in [1.29, 1.82) is 0 Å². The van der Waals surface area contributed by atoms with E-state index in [1.807, 2.05) is 0 Å². The molecule has 1 aliphatic rings. The summed E-state index contributed by atoms with van der Waals surface area (Å²) in [4.78, 5) is 13.9. The van der Waals surface area contributed by atoms with Gasteiger partial charge in [0.05, 0.1) is 36.4 Å². The minimum absolute atomic E-state index is 0.0158. The molecule has 0 amide bonds. The van der Waals surface area contributed by atoms with Crippen LogP contribution in [0, 0.1) is 11.6 Å². The van der Waals surface area contributed by atoms with Crippen LogP contribution in [0.5, 0.6) is 17.2 Å². The Bertz CT molecular complexity index is 1520. The first kappa shape index (κ1) is 26.4. The van der Waals surface area contributed by atoms with Crippen LogP contribution in [0.4, 0.5) is 29.2 Å². The van der Waals surface area contributed by atoms with Gasteiger partial charge in [0.1, 0.15) is 18.2 Å². The summed E-state index contributed by atoms with van der Waals surface area (Å²) >= 11 is 0. The second kappa shape index (κ2) is 10.1. The number of fused-ring (bicyclic) bond motifs is 1. The number of halogens is 4. The number of aromatic nitrogens is 5. The number of aliphatic hydroxyl groups is 1. The molecule has 1 fully saturated rings. The van der Waals surface area contributed by atoms with Crippen molar-refractivity contribution in [1.82, 2.24) is 24.6 Å². The van der Waals surface area contributed by atoms with Crippen LogP contribution in [0.25, 0.3) is 16.9 Å². The molecule has 0 spiro atoms. The highest BCUT2D eigenvalue weighted by Gasteiger charge is 2.43. The summed E-state index contributed by atoms with van der Waals surface area (Å²) < 4.78 is 68.3. The normalized spacial score (nSPS) is 18.5. The van der Waals surface area contributed by atoms with Crippen LogP contribution in [-0.4, -0.2) is 67.9 Å². The Kier molecular flexibility index (Phi) is 6.86. The first-order valence-electron chi connectivity index (χ1n) is 11.8. The van der Waals surface area contributed by atoms with E-state index in [-0.39, 0.29) is 53.1 Å². The number of nitrogen functional groups attached to an aromatic ring is 1. The van der Waals surface area contributed by atoms with Gasteiger partial charge >= 0.3 is 0 Å². The fourth-order valence-electron chi connectivity index (χ4n) is 4.59. The third-order valence-corrected chi connectivity index (χ3v) is 6.61. The van der Waals surface area contributed by atoms with Crippen molar-refractivity contribution >= 4 is 17.3 Å². The molecule has 3 aromatic heterocycles. The highest BCUT2D eigenvalue weighted by atomic mass is 19.3. The molecule has 206 valence electrons. The Labute approximate surface area is 219 Å². The van der Waals surface area contributed by atoms with Gasteiger partial charge in [-0.15, -0.1) is 0 Å². The van der Waals surface area contributed by atoms with Crippen LogP contribution in [-0.2, 0) is 0 Å². The number of nitrogens with two attached hydrogens (primary N) is 2. The molecule has 0 bridgehead atoms. The van der Waals surface area contributed by atoms with Gasteiger partial charge in [0.15, 0.2) is 23.1 Å². The van der Waals surface area contributed by atoms with Crippen molar-refractivity contribution in [2.24, 2.45) is 5.73 Å². The number of methoxy groups -OCH3 is 1. The van der Waals surface area contributed by atoms with Crippen molar-refractivity contribution in [2.75, 3.05) is 30.8 Å². The summed E-state index contributed by atoms with van der Waals surface area (Å²) in [5.74, 6) is -1.59. The second-order valence-corrected chi connectivity index (χ2v) is 9.12. The summed E-state index contributed by atoms with van der Waals surface area (Å²) in [7, 11) is 1.21. The molecule has 1 aliphatic heterocycles. The Hall–Kier alpha value is -4.24. The zero-order valence-corrected chi connectivity index (χ0v) is 20.6. The highest BCUT2D eigenvalue weighted by molar-refractivity contribution is 5.70. The molecule has 1 aromatic carbocycles. The molecular formula is C24H24F4N8O3. The van der Waals surface area contributed by atoms with Gasteiger partial charge in [0.2, 0.25) is 11.6 Å². The van der Waals surface area contributed by atoms with Crippen molar-refractivity contribution in [3.05, 3.63) is 48.6 Å². The van der Waals surface area contributed by atoms with E-state index in [0.29, 0.717) is 18.7 Å². The van der Waals surface area contributed by atoms with E-state index >= 15 is 0 Å². The van der Waals surface area contributed by atoms with Gasteiger partial charge in [0, 0.05) is 30.8 Å². The fourth-order valence-corrected chi connectivity index (χ4v) is 4.59. The first-order chi connectivity index (χ1) is 18.6. The van der Waals surface area contributed by atoms with E-state index in [0.717, 1.165) is 12.1 Å². The SMILES string of the molecule is COc1cc(F)c(-c2cc(Oc3cnn4c(N)ncnc34)c(N3CCC[C@@](N)([C@H](O)C(F)F)C3)cn2)cc1F. The van der Waals surface area contributed by atoms with E-state index in [2.05, 4.69) is 20.1 Å². The second-order valence-electron chi connectivity index (χ2n) is 9.12. The monoisotopic (exact) mass is 548 g/mol. The molecule has 0 radical (unpaired) electrons. The zero-order chi connectivity index (χ0) is 27.9. The lowest BCUT2D eigenvalue weighted by molar-refractivity contribution is -0.0529. The van der Waals surface area contributed by atoms with Crippen LogP contribution in [0.2, 0.25) is 0 Å². The maximum absolute atomic E-state index is 14.9. The average Bonchev–Trinajstić information content (AvgIpc) is 3.33. The summed E-state index contributed by atoms with van der Waals surface area (Å²) in [5.41, 5.74) is 10.8. The maximum atomic E-state index is 14.9. The molecule has 4 aromatic rings. The van der Waals surface area contributed by atoms with Gasteiger partial charge in [-0.25, -0.2) is 27.5 Å². The summed E-state index contributed by atoms with van der Waals surface area (Å²) in [6.07, 6.45) is -0.663. The number of hydrogen-bond acceptors (Lipinski definition) is 10. The van der Waals surface area contributed by atoms with E-state index in [9.17, 15) is 22.7 Å². The number of benzene rings is 1. The van der Waals surface area contributed by atoms with E-state index < -0.39 is 29.7 Å². The predicted octanol–water partition coefficient (Wildman–Crippen LogP) is 2.77. The molecule has 5 N–H and O–H groups in total. The zero-order valence-electron chi connectivity index (χ0n) is 20.6. The number of pyridine rings is 1. The number of piperidine rings is 1. The topological polar surface area (TPSA) is 150 Å². The summed E-state index contributed by atoms with van der Waals surface area (Å²) in [5, 5.41) is 14.2. The molecule has 1 saturated heterocycles. The van der Waals surface area contributed by atoms with Gasteiger partial charge in [-0.2, -0.15) is 9.61 Å². The summed E-state index contributed by atoms with van der Waals surface area (Å²) in [6.45, 7) is 0.229. The molecular weight excluding hydrogens is 524 g/mol. The molecule has 0 aliphatic carbocycles. The largest absolute Gasteiger partial charge is 0.494 e. The molecule has 39 heavy (non-hydrogen) atoms. The number of anilines is 2. The van der Waals surface area contributed by atoms with Crippen LogP contribution in [0.3, 0.4) is 0 Å². The lowest BCUT2D eigenvalue weighted by atomic mass is 9.84. The van der Waals surface area contributed by atoms with Crippen molar-refractivity contribution in [3.63, 3.8) is 0 Å². The van der Waals surface area contributed by atoms with Gasteiger partial charge < -0.3 is 30.9 Å². The third kappa shape index (κ3) is 4.85. The highest BCUT2D eigenvalue weighted by Crippen LogP contribution is 2.40. The van der Waals surface area contributed by atoms with E-state index in [4.69, 9.17) is 20.9 Å². The third-order valence-electron chi connectivity index (χ3n) is 6.61. The first-order valence-corrected chi connectivity index (χ1v) is 11.8. The smallest absolute Gasteiger partial charge is 0.265 e. The molecule has 2 atom stereocenters. The van der Waals surface area contributed by atoms with Crippen molar-refractivity contribution < 1.29 is 32.1 Å². The molecule has 4 heterocycles. The minimum Gasteiger partial charge on any atom is -0.494 e. The number of aliphatic hydroxyl groups excluding tert-OH is 1. The van der Waals surface area contributed by atoms with Crippen molar-refractivity contribution in [2.45, 2.75) is 30.9 Å². The Balaban J connectivity index is 1.60. The molecule has 5 rings (SSSR count). The Morgan fingerprint density at radius 1 is 1.05 bits per heavy atom. The summed E-state index contributed by atoms with van der Waals surface area (Å²) in [6, 6.07) is 3.20. The number of ether oxygens (including phenoxy) is 2. The predicted molar refractivity (Wildman–Crippen MR) is 132 cm³/mol. The van der Waals surface area contributed by atoms with Crippen LogP contribution >= 0.6 is 0 Å². The fraction of sp³-hybridized carbons (Fsp3) is 0.333. The number of hydrogen-bond donors (Lipinski definition) is 3. The van der Waals surface area contributed by atoms with E-state index in [1.54, 1.807) is 4.90 Å². The van der Waals surface area contributed by atoms with Gasteiger partial charge in [-0.05, 0) is 18.9 Å². The lowest BCUT2D eigenvalue weighted by Gasteiger charge is -2.43. The van der Waals surface area contributed by atoms with E-state index in [1.165, 1.54) is 36.4 Å². The molecule has 11 nitrogen and oxygen atoms in total. The average molecular weight is 549 g/mol. The van der Waals surface area contributed by atoms with Crippen LogP contribution in [0.15, 0.2) is 36.9 Å². The van der Waals surface area contributed by atoms with Crippen molar-refractivity contribution in [3.8, 4) is 28.5 Å². The Morgan fingerprint density at radius 3 is 2.59 bits per heavy atom. The number of rotatable bonds is 7. The minimum atomic E-state index is -3.04. The van der Waals surface area contributed by atoms with Crippen LogP contribution < -0.4 is 25.8 Å². The standard InChI is InChI=1S/C24H24F4N8O3/c1-38-17-6-13(25)12(5-14(17)26)15-7-18(39-19-9-34-36-22(19)32-11-33-23(36)29)16(8-31-15)35-4-2-3-24(30,10-35)20(37)21(27)28/h5-9,11,20-21,37H,2-4,10,30H2,1H3,(H2,29,32,33)/t20-,24+/m1/s1. The van der Waals surface area contributed by atoms with Gasteiger partial charge in [-0.1, -0.05) is 0 Å². The Morgan fingerprint density at radius 2 is 1.85 bits per heavy atom.